The lowest BCUT2D eigenvalue weighted by Crippen LogP contribution is -2.32. The molecule has 0 spiro atoms. The molecule has 0 saturated heterocycles. The quantitative estimate of drug-likeness (QED) is 0.890. The fourth-order valence-corrected chi connectivity index (χ4v) is 2.52. The van der Waals surface area contributed by atoms with Gasteiger partial charge in [-0.05, 0) is 23.8 Å². The number of amides is 1. The molecule has 1 aromatic heterocycles. The first kappa shape index (κ1) is 16.2. The van der Waals surface area contributed by atoms with Crippen molar-refractivity contribution in [2.45, 2.75) is 6.04 Å². The highest BCUT2D eigenvalue weighted by atomic mass is 35.5. The Labute approximate surface area is 137 Å². The summed E-state index contributed by atoms with van der Waals surface area (Å²) in [6.45, 7) is -0.252. The van der Waals surface area contributed by atoms with Gasteiger partial charge in [-0.3, -0.25) is 4.79 Å². The molecule has 1 amide bonds. The highest BCUT2D eigenvalue weighted by Crippen LogP contribution is 2.25. The molecule has 0 aliphatic carbocycles. The van der Waals surface area contributed by atoms with Gasteiger partial charge in [-0.1, -0.05) is 46.9 Å². The summed E-state index contributed by atoms with van der Waals surface area (Å²) >= 11 is 17.7. The summed E-state index contributed by atoms with van der Waals surface area (Å²) in [5, 5.41) is 13.3. The standard InChI is InChI=1S/C14H13Cl3N2O2/c1-19-12(6-10(16)13(19)17)14(21)18-11(7-20)8-3-2-4-9(15)5-8/h2-6,11,20H,7H2,1H3,(H,18,21). The smallest absolute Gasteiger partial charge is 0.268 e. The normalized spacial score (nSPS) is 12.2. The van der Waals surface area contributed by atoms with Gasteiger partial charge in [0.05, 0.1) is 17.7 Å². The van der Waals surface area contributed by atoms with Gasteiger partial charge >= 0.3 is 0 Å². The van der Waals surface area contributed by atoms with Crippen molar-refractivity contribution >= 4 is 40.7 Å². The third-order valence-corrected chi connectivity index (χ3v) is 4.17. The molecule has 2 rings (SSSR count). The van der Waals surface area contributed by atoms with Crippen LogP contribution in [0.2, 0.25) is 15.2 Å². The maximum atomic E-state index is 12.3. The second-order valence-electron chi connectivity index (χ2n) is 4.49. The number of carbonyl (C=O) groups excluding carboxylic acids is 1. The first-order chi connectivity index (χ1) is 9.93. The Morgan fingerprint density at radius 3 is 2.57 bits per heavy atom. The molecule has 1 aromatic carbocycles. The molecule has 2 N–H and O–H groups in total. The van der Waals surface area contributed by atoms with Crippen molar-refractivity contribution in [1.82, 2.24) is 9.88 Å². The lowest BCUT2D eigenvalue weighted by atomic mass is 10.1. The van der Waals surface area contributed by atoms with E-state index in [1.54, 1.807) is 31.3 Å². The molecule has 21 heavy (non-hydrogen) atoms. The second kappa shape index (κ2) is 6.71. The molecule has 2 aromatic rings. The summed E-state index contributed by atoms with van der Waals surface area (Å²) in [4.78, 5) is 12.3. The minimum atomic E-state index is -0.566. The summed E-state index contributed by atoms with van der Waals surface area (Å²) < 4.78 is 1.48. The van der Waals surface area contributed by atoms with E-state index in [0.29, 0.717) is 21.3 Å². The van der Waals surface area contributed by atoms with E-state index in [1.165, 1.54) is 10.6 Å². The Bertz CT molecular complexity index is 670. The number of aliphatic hydroxyl groups excluding tert-OH is 1. The Hall–Kier alpha value is -1.20. The van der Waals surface area contributed by atoms with Gasteiger partial charge in [0.15, 0.2) is 0 Å². The van der Waals surface area contributed by atoms with E-state index in [0.717, 1.165) is 0 Å². The van der Waals surface area contributed by atoms with Crippen LogP contribution in [0.15, 0.2) is 30.3 Å². The van der Waals surface area contributed by atoms with E-state index in [-0.39, 0.29) is 17.7 Å². The zero-order valence-corrected chi connectivity index (χ0v) is 13.4. The van der Waals surface area contributed by atoms with Crippen LogP contribution in [-0.2, 0) is 7.05 Å². The van der Waals surface area contributed by atoms with Crippen LogP contribution in [0.4, 0.5) is 0 Å². The number of aromatic nitrogens is 1. The Morgan fingerprint density at radius 2 is 2.05 bits per heavy atom. The minimum absolute atomic E-state index is 0.252. The third-order valence-electron chi connectivity index (χ3n) is 3.09. The number of nitrogens with one attached hydrogen (secondary N) is 1. The highest BCUT2D eigenvalue weighted by molar-refractivity contribution is 6.41. The fraction of sp³-hybridized carbons (Fsp3) is 0.214. The molecule has 7 heteroatoms. The number of hydrogen-bond acceptors (Lipinski definition) is 2. The fourth-order valence-electron chi connectivity index (χ4n) is 1.95. The third kappa shape index (κ3) is 3.52. The molecule has 0 saturated carbocycles. The molecule has 1 unspecified atom stereocenters. The van der Waals surface area contributed by atoms with Crippen LogP contribution in [0.5, 0.6) is 0 Å². The maximum absolute atomic E-state index is 12.3. The van der Waals surface area contributed by atoms with E-state index in [2.05, 4.69) is 5.32 Å². The number of aliphatic hydroxyl groups is 1. The van der Waals surface area contributed by atoms with Gasteiger partial charge in [0.25, 0.3) is 5.91 Å². The molecule has 0 fully saturated rings. The molecular weight excluding hydrogens is 335 g/mol. The van der Waals surface area contributed by atoms with E-state index >= 15 is 0 Å². The van der Waals surface area contributed by atoms with Gasteiger partial charge in [-0.2, -0.15) is 0 Å². The average molecular weight is 348 g/mol. The maximum Gasteiger partial charge on any atom is 0.268 e. The van der Waals surface area contributed by atoms with Crippen LogP contribution in [-0.4, -0.2) is 22.2 Å². The topological polar surface area (TPSA) is 54.3 Å². The lowest BCUT2D eigenvalue weighted by Gasteiger charge is -2.17. The predicted octanol–water partition coefficient (Wildman–Crippen LogP) is 3.45. The molecule has 0 bridgehead atoms. The van der Waals surface area contributed by atoms with Gasteiger partial charge < -0.3 is 15.0 Å². The van der Waals surface area contributed by atoms with Crippen molar-refractivity contribution < 1.29 is 9.90 Å². The van der Waals surface area contributed by atoms with Crippen LogP contribution < -0.4 is 5.32 Å². The van der Waals surface area contributed by atoms with Crippen LogP contribution >= 0.6 is 34.8 Å². The van der Waals surface area contributed by atoms with Gasteiger partial charge in [-0.25, -0.2) is 0 Å². The summed E-state index contributed by atoms with van der Waals surface area (Å²) in [6, 6.07) is 7.85. The van der Waals surface area contributed by atoms with Crippen molar-refractivity contribution in [3.05, 3.63) is 56.8 Å². The minimum Gasteiger partial charge on any atom is -0.394 e. The SMILES string of the molecule is Cn1c(C(=O)NC(CO)c2cccc(Cl)c2)cc(Cl)c1Cl. The zero-order valence-electron chi connectivity index (χ0n) is 11.1. The summed E-state index contributed by atoms with van der Waals surface area (Å²) in [5.74, 6) is -0.384. The zero-order chi connectivity index (χ0) is 15.6. The average Bonchev–Trinajstić information content (AvgIpc) is 2.72. The van der Waals surface area contributed by atoms with Gasteiger partial charge in [0.2, 0.25) is 0 Å². The van der Waals surface area contributed by atoms with Crippen LogP contribution in [0, 0.1) is 0 Å². The van der Waals surface area contributed by atoms with Crippen molar-refractivity contribution in [3.63, 3.8) is 0 Å². The number of halogens is 3. The van der Waals surface area contributed by atoms with Crippen molar-refractivity contribution in [2.24, 2.45) is 7.05 Å². The van der Waals surface area contributed by atoms with Crippen LogP contribution in [0.3, 0.4) is 0 Å². The largest absolute Gasteiger partial charge is 0.394 e. The van der Waals surface area contributed by atoms with Gasteiger partial charge in [-0.15, -0.1) is 0 Å². The second-order valence-corrected chi connectivity index (χ2v) is 5.69. The number of carbonyl (C=O) groups is 1. The van der Waals surface area contributed by atoms with Crippen molar-refractivity contribution in [3.8, 4) is 0 Å². The highest BCUT2D eigenvalue weighted by Gasteiger charge is 2.19. The molecule has 4 nitrogen and oxygen atoms in total. The summed E-state index contributed by atoms with van der Waals surface area (Å²) in [5.41, 5.74) is 1.02. The van der Waals surface area contributed by atoms with E-state index in [4.69, 9.17) is 34.8 Å². The van der Waals surface area contributed by atoms with Gasteiger partial charge in [0, 0.05) is 12.1 Å². The van der Waals surface area contributed by atoms with E-state index < -0.39 is 6.04 Å². The number of benzene rings is 1. The van der Waals surface area contributed by atoms with E-state index in [9.17, 15) is 9.90 Å². The van der Waals surface area contributed by atoms with Crippen molar-refractivity contribution in [1.29, 1.82) is 0 Å². The van der Waals surface area contributed by atoms with E-state index in [1.807, 2.05) is 0 Å². The Balaban J connectivity index is 2.22. The number of rotatable bonds is 4. The van der Waals surface area contributed by atoms with Crippen LogP contribution in [0.1, 0.15) is 22.1 Å². The molecular formula is C14H13Cl3N2O2. The van der Waals surface area contributed by atoms with Crippen LogP contribution in [0.25, 0.3) is 0 Å². The molecule has 112 valence electrons. The first-order valence-corrected chi connectivity index (χ1v) is 7.25. The molecule has 1 heterocycles. The molecule has 0 aliphatic rings. The number of nitrogens with zero attached hydrogens (tertiary/aromatic N) is 1. The van der Waals surface area contributed by atoms with Crippen molar-refractivity contribution in [2.75, 3.05) is 6.61 Å². The number of hydrogen-bond donors (Lipinski definition) is 2. The Kier molecular flexibility index (Phi) is 5.17. The first-order valence-electron chi connectivity index (χ1n) is 6.12. The molecule has 0 radical (unpaired) electrons. The Morgan fingerprint density at radius 1 is 1.33 bits per heavy atom. The summed E-state index contributed by atoms with van der Waals surface area (Å²) in [6.07, 6.45) is 0. The summed E-state index contributed by atoms with van der Waals surface area (Å²) in [7, 11) is 1.64. The van der Waals surface area contributed by atoms with Gasteiger partial charge in [0.1, 0.15) is 10.8 Å². The molecule has 0 aliphatic heterocycles. The monoisotopic (exact) mass is 346 g/mol. The lowest BCUT2D eigenvalue weighted by molar-refractivity contribution is 0.0908. The molecule has 1 atom stereocenters. The predicted molar refractivity (Wildman–Crippen MR) is 84.2 cm³/mol.